The smallest absolute Gasteiger partial charge is 0.262 e. The molecule has 0 aromatic carbocycles. The van der Waals surface area contributed by atoms with Gasteiger partial charge in [0.25, 0.3) is 5.56 Å². The molecule has 0 amide bonds. The van der Waals surface area contributed by atoms with E-state index in [9.17, 15) is 9.59 Å². The summed E-state index contributed by atoms with van der Waals surface area (Å²) in [5.74, 6) is 2.09. The van der Waals surface area contributed by atoms with Gasteiger partial charge in [-0.1, -0.05) is 27.7 Å². The number of aromatic nitrogens is 3. The van der Waals surface area contributed by atoms with E-state index >= 15 is 0 Å². The number of nitrogens with zero attached hydrogens (tertiary/aromatic N) is 2. The van der Waals surface area contributed by atoms with Crippen LogP contribution in [0.25, 0.3) is 10.2 Å². The minimum absolute atomic E-state index is 0.0153. The van der Waals surface area contributed by atoms with Crippen LogP contribution in [0.2, 0.25) is 0 Å². The first-order chi connectivity index (χ1) is 14.9. The largest absolute Gasteiger partial charge is 0.488 e. The highest BCUT2D eigenvalue weighted by molar-refractivity contribution is 7.18. The quantitative estimate of drug-likeness (QED) is 0.593. The molecule has 4 rings (SSSR count). The van der Waals surface area contributed by atoms with Gasteiger partial charge in [-0.25, -0.2) is 4.98 Å². The summed E-state index contributed by atoms with van der Waals surface area (Å²) >= 11 is 1.69. The number of aryl methyl sites for hydroxylation is 2. The number of aromatic amines is 1. The molecule has 3 aromatic heterocycles. The molecule has 1 unspecified atom stereocenters. The molecule has 1 aliphatic carbocycles. The number of rotatable bonds is 7. The topological polar surface area (TPSA) is 77.0 Å². The first-order valence-electron chi connectivity index (χ1n) is 11.3. The molecular weight excluding hydrogens is 410 g/mol. The van der Waals surface area contributed by atoms with E-state index in [-0.39, 0.29) is 11.0 Å². The summed E-state index contributed by atoms with van der Waals surface area (Å²) in [6.07, 6.45) is 6.32. The third kappa shape index (κ3) is 4.47. The van der Waals surface area contributed by atoms with Crippen molar-refractivity contribution in [3.05, 3.63) is 54.8 Å². The van der Waals surface area contributed by atoms with Gasteiger partial charge in [0.05, 0.1) is 18.5 Å². The standard InChI is InChI=1S/C24H31N3O3S/c1-5-6-21-26-23-22(17-8-7-15(4)9-20(17)31-23)24(29)27(21)12-16-10-18(28)19(11-25-16)30-13-14(2)3/h10-11,14-15H,5-9,12-13H2,1-4H3,(H,25,28). The van der Waals surface area contributed by atoms with Gasteiger partial charge in [0, 0.05) is 29.3 Å². The first kappa shape index (κ1) is 21.8. The number of pyridine rings is 1. The van der Waals surface area contributed by atoms with Crippen LogP contribution >= 0.6 is 11.3 Å². The maximum absolute atomic E-state index is 13.6. The molecule has 1 atom stereocenters. The van der Waals surface area contributed by atoms with Gasteiger partial charge in [-0.15, -0.1) is 11.3 Å². The average molecular weight is 442 g/mol. The second-order valence-electron chi connectivity index (χ2n) is 9.09. The molecule has 7 heteroatoms. The van der Waals surface area contributed by atoms with Crippen molar-refractivity contribution in [3.63, 3.8) is 0 Å². The molecule has 3 aromatic rings. The molecule has 0 aliphatic heterocycles. The number of nitrogens with one attached hydrogen (secondary N) is 1. The van der Waals surface area contributed by atoms with Crippen molar-refractivity contribution < 1.29 is 4.74 Å². The number of thiophene rings is 1. The zero-order valence-electron chi connectivity index (χ0n) is 18.8. The third-order valence-corrected chi connectivity index (χ3v) is 6.95. The zero-order valence-corrected chi connectivity index (χ0v) is 19.6. The molecule has 0 spiro atoms. The molecule has 6 nitrogen and oxygen atoms in total. The molecule has 3 heterocycles. The molecule has 0 saturated carbocycles. The van der Waals surface area contributed by atoms with Gasteiger partial charge in [0.15, 0.2) is 5.75 Å². The van der Waals surface area contributed by atoms with Gasteiger partial charge >= 0.3 is 0 Å². The molecule has 1 aliphatic rings. The summed E-state index contributed by atoms with van der Waals surface area (Å²) in [6.45, 7) is 9.23. The third-order valence-electron chi connectivity index (χ3n) is 5.81. The van der Waals surface area contributed by atoms with Crippen LogP contribution in [-0.2, 0) is 25.8 Å². The predicted molar refractivity (Wildman–Crippen MR) is 126 cm³/mol. The second-order valence-corrected chi connectivity index (χ2v) is 10.2. The SMILES string of the molecule is CCCc1nc2sc3c(c2c(=O)n1Cc1cc(=O)c(OCC(C)C)c[nH]1)CCC(C)C3. The van der Waals surface area contributed by atoms with Gasteiger partial charge in [-0.3, -0.25) is 14.2 Å². The number of hydrogen-bond acceptors (Lipinski definition) is 5. The van der Waals surface area contributed by atoms with Crippen molar-refractivity contribution in [2.75, 3.05) is 6.61 Å². The van der Waals surface area contributed by atoms with Crippen LogP contribution in [0.4, 0.5) is 0 Å². The van der Waals surface area contributed by atoms with Crippen molar-refractivity contribution in [3.8, 4) is 5.75 Å². The lowest BCUT2D eigenvalue weighted by Crippen LogP contribution is -2.27. The van der Waals surface area contributed by atoms with E-state index in [4.69, 9.17) is 9.72 Å². The summed E-state index contributed by atoms with van der Waals surface area (Å²) in [5, 5.41) is 0.783. The minimum Gasteiger partial charge on any atom is -0.488 e. The van der Waals surface area contributed by atoms with Crippen molar-refractivity contribution in [2.24, 2.45) is 11.8 Å². The number of fused-ring (bicyclic) bond motifs is 3. The molecular formula is C24H31N3O3S. The minimum atomic E-state index is -0.171. The van der Waals surface area contributed by atoms with Crippen LogP contribution in [0.3, 0.4) is 0 Å². The monoisotopic (exact) mass is 441 g/mol. The van der Waals surface area contributed by atoms with Gasteiger partial charge in [-0.2, -0.15) is 0 Å². The fourth-order valence-electron chi connectivity index (χ4n) is 4.17. The lowest BCUT2D eigenvalue weighted by molar-refractivity contribution is 0.267. The lowest BCUT2D eigenvalue weighted by atomic mass is 9.89. The summed E-state index contributed by atoms with van der Waals surface area (Å²) in [7, 11) is 0. The van der Waals surface area contributed by atoms with Gasteiger partial charge in [-0.05, 0) is 43.1 Å². The van der Waals surface area contributed by atoms with E-state index < -0.39 is 0 Å². The molecule has 166 valence electrons. The van der Waals surface area contributed by atoms with E-state index in [0.717, 1.165) is 48.1 Å². The highest BCUT2D eigenvalue weighted by Crippen LogP contribution is 2.36. The Morgan fingerprint density at radius 3 is 2.87 bits per heavy atom. The fourth-order valence-corrected chi connectivity index (χ4v) is 5.57. The van der Waals surface area contributed by atoms with Crippen LogP contribution in [0.1, 0.15) is 62.5 Å². The van der Waals surface area contributed by atoms with Crippen LogP contribution < -0.4 is 15.7 Å². The van der Waals surface area contributed by atoms with Crippen molar-refractivity contribution in [1.29, 1.82) is 0 Å². The molecule has 0 saturated heterocycles. The Balaban J connectivity index is 1.73. The van der Waals surface area contributed by atoms with E-state index in [2.05, 4.69) is 18.8 Å². The Bertz CT molecular complexity index is 1210. The number of H-pyrrole nitrogens is 1. The zero-order chi connectivity index (χ0) is 22.1. The summed E-state index contributed by atoms with van der Waals surface area (Å²) in [5.41, 5.74) is 1.72. The van der Waals surface area contributed by atoms with Gasteiger partial charge < -0.3 is 9.72 Å². The fraction of sp³-hybridized carbons (Fsp3) is 0.542. The average Bonchev–Trinajstić information content (AvgIpc) is 3.07. The number of hydrogen-bond donors (Lipinski definition) is 1. The Hall–Kier alpha value is -2.41. The van der Waals surface area contributed by atoms with E-state index in [1.54, 1.807) is 22.1 Å². The van der Waals surface area contributed by atoms with Crippen LogP contribution in [0.15, 0.2) is 21.9 Å². The molecule has 0 radical (unpaired) electrons. The highest BCUT2D eigenvalue weighted by Gasteiger charge is 2.24. The van der Waals surface area contributed by atoms with E-state index in [1.165, 1.54) is 16.5 Å². The Morgan fingerprint density at radius 2 is 2.16 bits per heavy atom. The van der Waals surface area contributed by atoms with Crippen molar-refractivity contribution in [1.82, 2.24) is 14.5 Å². The van der Waals surface area contributed by atoms with Crippen LogP contribution in [-0.4, -0.2) is 21.1 Å². The van der Waals surface area contributed by atoms with Gasteiger partial charge in [0.1, 0.15) is 10.7 Å². The normalized spacial score (nSPS) is 16.1. The van der Waals surface area contributed by atoms with Crippen molar-refractivity contribution >= 4 is 21.6 Å². The molecule has 1 N–H and O–H groups in total. The number of ether oxygens (including phenoxy) is 1. The van der Waals surface area contributed by atoms with Crippen LogP contribution in [0, 0.1) is 11.8 Å². The Kier molecular flexibility index (Phi) is 6.32. The van der Waals surface area contributed by atoms with Crippen molar-refractivity contribution in [2.45, 2.75) is 66.3 Å². The van der Waals surface area contributed by atoms with E-state index in [0.29, 0.717) is 36.4 Å². The summed E-state index contributed by atoms with van der Waals surface area (Å²) in [4.78, 5) is 36.3. The maximum Gasteiger partial charge on any atom is 0.262 e. The summed E-state index contributed by atoms with van der Waals surface area (Å²) in [6, 6.07) is 1.53. The molecule has 0 fully saturated rings. The second kappa shape index (κ2) is 8.99. The predicted octanol–water partition coefficient (Wildman–Crippen LogP) is 4.31. The maximum atomic E-state index is 13.6. The van der Waals surface area contributed by atoms with Gasteiger partial charge in [0.2, 0.25) is 5.43 Å². The first-order valence-corrected chi connectivity index (χ1v) is 12.1. The van der Waals surface area contributed by atoms with E-state index in [1.807, 2.05) is 13.8 Å². The summed E-state index contributed by atoms with van der Waals surface area (Å²) < 4.78 is 7.33. The molecule has 31 heavy (non-hydrogen) atoms. The van der Waals surface area contributed by atoms with Crippen LogP contribution in [0.5, 0.6) is 5.75 Å². The lowest BCUT2D eigenvalue weighted by Gasteiger charge is -2.18. The Labute approximate surface area is 186 Å². The Morgan fingerprint density at radius 1 is 1.35 bits per heavy atom. The molecule has 0 bridgehead atoms. The highest BCUT2D eigenvalue weighted by atomic mass is 32.1.